The van der Waals surface area contributed by atoms with Crippen molar-refractivity contribution in [3.8, 4) is 11.3 Å². The van der Waals surface area contributed by atoms with E-state index in [1.165, 1.54) is 16.7 Å². The maximum Gasteiger partial charge on any atom is 0.0888 e. The molecule has 1 N–H and O–H groups in total. The quantitative estimate of drug-likeness (QED) is 0.878. The first-order valence-electron chi connectivity index (χ1n) is 6.39. The molecule has 0 saturated heterocycles. The predicted molar refractivity (Wildman–Crippen MR) is 73.2 cm³/mol. The van der Waals surface area contributed by atoms with Crippen LogP contribution in [0.15, 0.2) is 24.4 Å². The van der Waals surface area contributed by atoms with Crippen LogP contribution in [0.5, 0.6) is 0 Å². The molecule has 18 heavy (non-hydrogen) atoms. The SMILES string of the molecule is CCCn1nncc1-c1cc(C)ccc1CNC. The van der Waals surface area contributed by atoms with Crippen molar-refractivity contribution >= 4 is 0 Å². The molecule has 0 aliphatic carbocycles. The number of benzene rings is 1. The average molecular weight is 244 g/mol. The minimum absolute atomic E-state index is 0.854. The fourth-order valence-corrected chi connectivity index (χ4v) is 2.12. The zero-order chi connectivity index (χ0) is 13.0. The molecule has 4 nitrogen and oxygen atoms in total. The van der Waals surface area contributed by atoms with Gasteiger partial charge in [0.2, 0.25) is 0 Å². The van der Waals surface area contributed by atoms with Gasteiger partial charge in [-0.05, 0) is 32.0 Å². The molecule has 0 atom stereocenters. The highest BCUT2D eigenvalue weighted by molar-refractivity contribution is 5.64. The van der Waals surface area contributed by atoms with Gasteiger partial charge in [-0.3, -0.25) is 0 Å². The molecule has 96 valence electrons. The van der Waals surface area contributed by atoms with E-state index in [2.05, 4.69) is 47.7 Å². The summed E-state index contributed by atoms with van der Waals surface area (Å²) in [6, 6.07) is 6.52. The molecule has 0 fully saturated rings. The lowest BCUT2D eigenvalue weighted by Crippen LogP contribution is -2.08. The highest BCUT2D eigenvalue weighted by atomic mass is 15.4. The van der Waals surface area contributed by atoms with Gasteiger partial charge in [0, 0.05) is 18.7 Å². The van der Waals surface area contributed by atoms with Crippen LogP contribution in [0.25, 0.3) is 11.3 Å². The minimum atomic E-state index is 0.854. The molecule has 4 heteroatoms. The summed E-state index contributed by atoms with van der Waals surface area (Å²) in [4.78, 5) is 0. The van der Waals surface area contributed by atoms with E-state index in [0.29, 0.717) is 0 Å². The van der Waals surface area contributed by atoms with E-state index >= 15 is 0 Å². The Bertz CT molecular complexity index is 516. The number of aromatic nitrogens is 3. The minimum Gasteiger partial charge on any atom is -0.316 e. The molecule has 1 aromatic carbocycles. The van der Waals surface area contributed by atoms with Crippen LogP contribution in [0.2, 0.25) is 0 Å². The molecule has 1 aromatic heterocycles. The maximum absolute atomic E-state index is 4.16. The summed E-state index contributed by atoms with van der Waals surface area (Å²) in [6.07, 6.45) is 2.91. The van der Waals surface area contributed by atoms with Gasteiger partial charge in [-0.25, -0.2) is 4.68 Å². The van der Waals surface area contributed by atoms with Crippen LogP contribution >= 0.6 is 0 Å². The maximum atomic E-state index is 4.16. The van der Waals surface area contributed by atoms with Gasteiger partial charge in [-0.15, -0.1) is 5.10 Å². The Kier molecular flexibility index (Phi) is 4.10. The second-order valence-electron chi connectivity index (χ2n) is 4.53. The van der Waals surface area contributed by atoms with Crippen LogP contribution in [0, 0.1) is 6.92 Å². The van der Waals surface area contributed by atoms with Gasteiger partial charge in [-0.2, -0.15) is 0 Å². The van der Waals surface area contributed by atoms with Crippen molar-refractivity contribution in [2.45, 2.75) is 33.4 Å². The molecule has 0 saturated carbocycles. The number of hydrogen-bond acceptors (Lipinski definition) is 3. The predicted octanol–water partition coefficient (Wildman–Crippen LogP) is 2.38. The number of aryl methyl sites for hydroxylation is 2. The molecule has 0 aliphatic heterocycles. The van der Waals surface area contributed by atoms with E-state index in [-0.39, 0.29) is 0 Å². The molecule has 2 aromatic rings. The molecule has 0 unspecified atom stereocenters. The van der Waals surface area contributed by atoms with Gasteiger partial charge in [0.15, 0.2) is 0 Å². The van der Waals surface area contributed by atoms with Gasteiger partial charge in [0.25, 0.3) is 0 Å². The van der Waals surface area contributed by atoms with Crippen molar-refractivity contribution in [3.63, 3.8) is 0 Å². The Morgan fingerprint density at radius 3 is 2.89 bits per heavy atom. The summed E-state index contributed by atoms with van der Waals surface area (Å²) in [5, 5.41) is 11.4. The lowest BCUT2D eigenvalue weighted by molar-refractivity contribution is 0.584. The van der Waals surface area contributed by atoms with Crippen molar-refractivity contribution < 1.29 is 0 Å². The number of hydrogen-bond donors (Lipinski definition) is 1. The molecular weight excluding hydrogens is 224 g/mol. The first-order chi connectivity index (χ1) is 8.76. The second-order valence-corrected chi connectivity index (χ2v) is 4.53. The van der Waals surface area contributed by atoms with E-state index in [0.717, 1.165) is 25.2 Å². The van der Waals surface area contributed by atoms with Crippen molar-refractivity contribution in [2.75, 3.05) is 7.05 Å². The second kappa shape index (κ2) is 5.78. The molecule has 0 radical (unpaired) electrons. The molecule has 1 heterocycles. The summed E-state index contributed by atoms with van der Waals surface area (Å²) in [6.45, 7) is 6.02. The molecule has 0 spiro atoms. The highest BCUT2D eigenvalue weighted by Gasteiger charge is 2.10. The third-order valence-corrected chi connectivity index (χ3v) is 2.96. The van der Waals surface area contributed by atoms with Crippen LogP contribution in [0.1, 0.15) is 24.5 Å². The third kappa shape index (κ3) is 2.59. The Labute approximate surface area is 108 Å². The Morgan fingerprint density at radius 2 is 2.17 bits per heavy atom. The first kappa shape index (κ1) is 12.8. The van der Waals surface area contributed by atoms with Crippen molar-refractivity contribution in [1.82, 2.24) is 20.3 Å². The standard InChI is InChI=1S/C14H20N4/c1-4-7-18-14(10-16-17-18)13-8-11(2)5-6-12(13)9-15-3/h5-6,8,10,15H,4,7,9H2,1-3H3. The molecule has 0 amide bonds. The zero-order valence-electron chi connectivity index (χ0n) is 11.3. The van der Waals surface area contributed by atoms with Crippen molar-refractivity contribution in [3.05, 3.63) is 35.5 Å². The largest absolute Gasteiger partial charge is 0.316 e. The zero-order valence-corrected chi connectivity index (χ0v) is 11.3. The lowest BCUT2D eigenvalue weighted by atomic mass is 10.0. The summed E-state index contributed by atoms with van der Waals surface area (Å²) in [5.74, 6) is 0. The van der Waals surface area contributed by atoms with Crippen LogP contribution in [-0.2, 0) is 13.1 Å². The molecule has 0 aliphatic rings. The van der Waals surface area contributed by atoms with Gasteiger partial charge >= 0.3 is 0 Å². The molecular formula is C14H20N4. The number of rotatable bonds is 5. The first-order valence-corrected chi connectivity index (χ1v) is 6.39. The normalized spacial score (nSPS) is 10.8. The van der Waals surface area contributed by atoms with Crippen LogP contribution in [0.4, 0.5) is 0 Å². The van der Waals surface area contributed by atoms with Crippen molar-refractivity contribution in [2.24, 2.45) is 0 Å². The van der Waals surface area contributed by atoms with Gasteiger partial charge in [0.1, 0.15) is 0 Å². The van der Waals surface area contributed by atoms with Crippen LogP contribution in [0.3, 0.4) is 0 Å². The number of nitrogens with zero attached hydrogens (tertiary/aromatic N) is 3. The van der Waals surface area contributed by atoms with E-state index in [1.807, 2.05) is 17.9 Å². The Balaban J connectivity index is 2.47. The smallest absolute Gasteiger partial charge is 0.0888 e. The monoisotopic (exact) mass is 244 g/mol. The Morgan fingerprint density at radius 1 is 1.33 bits per heavy atom. The summed E-state index contributed by atoms with van der Waals surface area (Å²) in [7, 11) is 1.96. The van der Waals surface area contributed by atoms with E-state index < -0.39 is 0 Å². The fraction of sp³-hybridized carbons (Fsp3) is 0.429. The van der Waals surface area contributed by atoms with Gasteiger partial charge in [-0.1, -0.05) is 29.8 Å². The van der Waals surface area contributed by atoms with Crippen LogP contribution < -0.4 is 5.32 Å². The van der Waals surface area contributed by atoms with E-state index in [9.17, 15) is 0 Å². The average Bonchev–Trinajstić information content (AvgIpc) is 2.80. The van der Waals surface area contributed by atoms with Gasteiger partial charge < -0.3 is 5.32 Å². The van der Waals surface area contributed by atoms with Gasteiger partial charge in [0.05, 0.1) is 11.9 Å². The summed E-state index contributed by atoms with van der Waals surface area (Å²) in [5.41, 5.74) is 4.87. The van der Waals surface area contributed by atoms with E-state index in [1.54, 1.807) is 0 Å². The molecule has 0 bridgehead atoms. The lowest BCUT2D eigenvalue weighted by Gasteiger charge is -2.11. The number of nitrogens with one attached hydrogen (secondary N) is 1. The Hall–Kier alpha value is -1.68. The summed E-state index contributed by atoms with van der Waals surface area (Å²) >= 11 is 0. The van der Waals surface area contributed by atoms with Crippen molar-refractivity contribution in [1.29, 1.82) is 0 Å². The molecule has 2 rings (SSSR count). The fourth-order valence-electron chi connectivity index (χ4n) is 2.12. The highest BCUT2D eigenvalue weighted by Crippen LogP contribution is 2.24. The third-order valence-electron chi connectivity index (χ3n) is 2.96. The topological polar surface area (TPSA) is 42.7 Å². The van der Waals surface area contributed by atoms with E-state index in [4.69, 9.17) is 0 Å². The van der Waals surface area contributed by atoms with Crippen LogP contribution in [-0.4, -0.2) is 22.0 Å². The summed E-state index contributed by atoms with van der Waals surface area (Å²) < 4.78 is 1.98.